The Kier molecular flexibility index (Phi) is 6.77. The van der Waals surface area contributed by atoms with Gasteiger partial charge in [0.05, 0.1) is 23.2 Å². The molecule has 1 aliphatic carbocycles. The van der Waals surface area contributed by atoms with Gasteiger partial charge in [-0.3, -0.25) is 4.79 Å². The minimum Gasteiger partial charge on any atom is -0.338 e. The average Bonchev–Trinajstić information content (AvgIpc) is 3.23. The van der Waals surface area contributed by atoms with E-state index in [-0.39, 0.29) is 42.3 Å². The Morgan fingerprint density at radius 1 is 1.25 bits per heavy atom. The number of anilines is 1. The maximum Gasteiger partial charge on any atom is 0.416 e. The molecule has 8 nitrogen and oxygen atoms in total. The van der Waals surface area contributed by atoms with Gasteiger partial charge in [0.25, 0.3) is 0 Å². The Hall–Kier alpha value is -3.85. The summed E-state index contributed by atoms with van der Waals surface area (Å²) in [6.45, 7) is 1.81. The van der Waals surface area contributed by atoms with Crippen LogP contribution in [-0.2, 0) is 11.0 Å². The zero-order valence-corrected chi connectivity index (χ0v) is 20.0. The first-order valence-electron chi connectivity index (χ1n) is 10.9. The molecule has 1 aromatic heterocycles. The van der Waals surface area contributed by atoms with Crippen molar-refractivity contribution in [2.45, 2.75) is 36.9 Å². The Morgan fingerprint density at radius 3 is 2.64 bits per heavy atom. The van der Waals surface area contributed by atoms with Gasteiger partial charge in [-0.25, -0.2) is 24.4 Å². The number of rotatable bonds is 4. The van der Waals surface area contributed by atoms with Crippen molar-refractivity contribution in [1.29, 1.82) is 5.26 Å². The number of benzene rings is 1. The van der Waals surface area contributed by atoms with Crippen LogP contribution in [0.1, 0.15) is 42.5 Å². The highest BCUT2D eigenvalue weighted by atomic mass is 32.2. The number of nitrogens with one attached hydrogen (secondary N) is 1. The number of nitriles is 1. The molecular formula is C24H20F3N5O3S. The van der Waals surface area contributed by atoms with E-state index in [0.717, 1.165) is 28.1 Å². The number of carbonyl (C=O) groups excluding carboxylic acids is 3. The number of urea groups is 2. The van der Waals surface area contributed by atoms with Gasteiger partial charge in [-0.2, -0.15) is 18.4 Å². The molecule has 1 aromatic carbocycles. The number of nitrogens with zero attached hydrogens (tertiary/aromatic N) is 4. The molecular weight excluding hydrogens is 495 g/mol. The highest BCUT2D eigenvalue weighted by Crippen LogP contribution is 2.47. The fourth-order valence-corrected chi connectivity index (χ4v) is 5.02. The Bertz CT molecular complexity index is 1340. The van der Waals surface area contributed by atoms with Gasteiger partial charge in [-0.1, -0.05) is 6.07 Å². The predicted molar refractivity (Wildman–Crippen MR) is 125 cm³/mol. The van der Waals surface area contributed by atoms with E-state index in [2.05, 4.69) is 10.3 Å². The number of imide groups is 1. The van der Waals surface area contributed by atoms with Gasteiger partial charge in [-0.05, 0) is 49.4 Å². The number of Topliss-reactive ketones (excluding diaryl/α,β-unsaturated/α-hetero) is 1. The number of thioether (sulfide) groups is 1. The fourth-order valence-electron chi connectivity index (χ4n) is 4.36. The third kappa shape index (κ3) is 4.30. The molecule has 1 N–H and O–H groups in total. The van der Waals surface area contributed by atoms with Crippen LogP contribution in [0.4, 0.5) is 28.6 Å². The minimum atomic E-state index is -4.68. The maximum atomic E-state index is 13.8. The van der Waals surface area contributed by atoms with Crippen molar-refractivity contribution in [3.8, 4) is 6.07 Å². The van der Waals surface area contributed by atoms with E-state index >= 15 is 0 Å². The number of amides is 4. The molecule has 12 heteroatoms. The number of hydrogen-bond acceptors (Lipinski definition) is 6. The first-order chi connectivity index (χ1) is 17.1. The van der Waals surface area contributed by atoms with Crippen molar-refractivity contribution in [3.63, 3.8) is 0 Å². The molecule has 0 bridgehead atoms. The first kappa shape index (κ1) is 25.2. The summed E-state index contributed by atoms with van der Waals surface area (Å²) in [6.07, 6.45) is -1.87. The van der Waals surface area contributed by atoms with Gasteiger partial charge in [0.2, 0.25) is 0 Å². The zero-order valence-electron chi connectivity index (χ0n) is 19.2. The van der Waals surface area contributed by atoms with E-state index < -0.39 is 29.8 Å². The van der Waals surface area contributed by atoms with Crippen molar-refractivity contribution >= 4 is 35.4 Å². The van der Waals surface area contributed by atoms with Gasteiger partial charge in [0.1, 0.15) is 5.82 Å². The molecule has 36 heavy (non-hydrogen) atoms. The Balaban J connectivity index is 1.97. The normalized spacial score (nSPS) is 17.8. The van der Waals surface area contributed by atoms with Crippen LogP contribution >= 0.6 is 11.8 Å². The van der Waals surface area contributed by atoms with Crippen molar-refractivity contribution in [2.24, 2.45) is 0 Å². The lowest BCUT2D eigenvalue weighted by Gasteiger charge is -2.40. The van der Waals surface area contributed by atoms with Crippen LogP contribution < -0.4 is 10.2 Å². The maximum absolute atomic E-state index is 13.8. The zero-order chi connectivity index (χ0) is 26.2. The lowest BCUT2D eigenvalue weighted by atomic mass is 9.92. The third-order valence-electron chi connectivity index (χ3n) is 5.90. The van der Waals surface area contributed by atoms with Crippen molar-refractivity contribution < 1.29 is 27.6 Å². The summed E-state index contributed by atoms with van der Waals surface area (Å²) in [7, 11) is 0. The fraction of sp³-hybridized carbons (Fsp3) is 0.292. The lowest BCUT2D eigenvalue weighted by molar-refractivity contribution is -0.137. The molecule has 186 valence electrons. The van der Waals surface area contributed by atoms with E-state index in [0.29, 0.717) is 16.0 Å². The number of aromatic nitrogens is 1. The van der Waals surface area contributed by atoms with Gasteiger partial charge in [0.15, 0.2) is 5.78 Å². The van der Waals surface area contributed by atoms with Crippen LogP contribution in [0, 0.1) is 11.3 Å². The van der Waals surface area contributed by atoms with Crippen molar-refractivity contribution in [2.75, 3.05) is 17.7 Å². The number of ketones is 1. The Morgan fingerprint density at radius 2 is 2.00 bits per heavy atom. The average molecular weight is 516 g/mol. The quantitative estimate of drug-likeness (QED) is 0.573. The number of carbonyl (C=O) groups is 3. The van der Waals surface area contributed by atoms with Gasteiger partial charge >= 0.3 is 18.2 Å². The molecule has 1 unspecified atom stereocenters. The molecule has 2 heterocycles. The van der Waals surface area contributed by atoms with Gasteiger partial charge < -0.3 is 5.32 Å². The lowest BCUT2D eigenvalue weighted by Crippen LogP contribution is -2.55. The topological polar surface area (TPSA) is 106 Å². The number of halogens is 3. The molecule has 0 spiro atoms. The van der Waals surface area contributed by atoms with E-state index in [4.69, 9.17) is 0 Å². The molecule has 0 fully saturated rings. The summed E-state index contributed by atoms with van der Waals surface area (Å²) >= 11 is 1.28. The standard InChI is InChI=1S/C24H20F3N5O3S/c1-3-29-22(34)32-21(15-5-4-13(12-28)10-18(15)36-2)20-16(6-7-17(20)33)31(23(32)35)19-11-14(8-9-30-19)24(25,26)27/h4-5,8-11,21H,3,6-7H2,1-2H3,(H,29,34). The molecule has 0 saturated carbocycles. The monoisotopic (exact) mass is 515 g/mol. The van der Waals surface area contributed by atoms with Crippen LogP contribution in [0.3, 0.4) is 0 Å². The van der Waals surface area contributed by atoms with E-state index in [9.17, 15) is 32.8 Å². The molecule has 0 saturated heterocycles. The highest BCUT2D eigenvalue weighted by molar-refractivity contribution is 7.98. The smallest absolute Gasteiger partial charge is 0.338 e. The van der Waals surface area contributed by atoms with E-state index in [1.54, 1.807) is 25.3 Å². The van der Waals surface area contributed by atoms with Gasteiger partial charge in [-0.15, -0.1) is 11.8 Å². The second kappa shape index (κ2) is 9.66. The summed E-state index contributed by atoms with van der Waals surface area (Å²) in [6, 6.07) is 5.38. The van der Waals surface area contributed by atoms with Crippen molar-refractivity contribution in [3.05, 3.63) is 64.5 Å². The van der Waals surface area contributed by atoms with E-state index in [1.165, 1.54) is 17.8 Å². The minimum absolute atomic E-state index is 0.0258. The molecule has 4 rings (SSSR count). The number of alkyl halides is 3. The predicted octanol–water partition coefficient (Wildman–Crippen LogP) is 5.02. The number of pyridine rings is 1. The molecule has 4 amide bonds. The second-order valence-electron chi connectivity index (χ2n) is 7.98. The van der Waals surface area contributed by atoms with Crippen LogP contribution in [0.15, 0.2) is 52.7 Å². The number of hydrogen-bond donors (Lipinski definition) is 1. The van der Waals surface area contributed by atoms with Crippen LogP contribution in [-0.4, -0.2) is 40.5 Å². The molecule has 2 aliphatic rings. The molecule has 1 atom stereocenters. The SMILES string of the molecule is CCNC(=O)N1C(=O)N(c2cc(C(F)(F)F)ccn2)C2=C(C(=O)CC2)C1c1ccc(C#N)cc1SC. The Labute approximate surface area is 208 Å². The first-order valence-corrected chi connectivity index (χ1v) is 12.1. The van der Waals surface area contributed by atoms with Crippen LogP contribution in [0.25, 0.3) is 0 Å². The summed E-state index contributed by atoms with van der Waals surface area (Å²) in [5, 5.41) is 11.9. The molecule has 0 radical (unpaired) electrons. The van der Waals surface area contributed by atoms with E-state index in [1.807, 2.05) is 6.07 Å². The van der Waals surface area contributed by atoms with Crippen LogP contribution in [0.2, 0.25) is 0 Å². The largest absolute Gasteiger partial charge is 0.416 e. The summed E-state index contributed by atoms with van der Waals surface area (Å²) in [5.41, 5.74) is 0.145. The molecule has 1 aliphatic heterocycles. The van der Waals surface area contributed by atoms with Crippen LogP contribution in [0.5, 0.6) is 0 Å². The van der Waals surface area contributed by atoms with Gasteiger partial charge in [0, 0.05) is 35.3 Å². The number of allylic oxidation sites excluding steroid dienone is 1. The molecule has 2 aromatic rings. The third-order valence-corrected chi connectivity index (χ3v) is 6.70. The summed E-state index contributed by atoms with van der Waals surface area (Å²) < 4.78 is 40.2. The summed E-state index contributed by atoms with van der Waals surface area (Å²) in [5.74, 6) is -0.667. The second-order valence-corrected chi connectivity index (χ2v) is 8.83. The van der Waals surface area contributed by atoms with Crippen molar-refractivity contribution in [1.82, 2.24) is 15.2 Å². The summed E-state index contributed by atoms with van der Waals surface area (Å²) in [4.78, 5) is 46.5. The highest BCUT2D eigenvalue weighted by Gasteiger charge is 2.49.